The van der Waals surface area contributed by atoms with Crippen LogP contribution < -0.4 is 0 Å². The molecule has 2 heterocycles. The Hall–Kier alpha value is -2.17. The lowest BCUT2D eigenvalue weighted by atomic mass is 9.93. The summed E-state index contributed by atoms with van der Waals surface area (Å²) in [5.41, 5.74) is 1.85. The zero-order chi connectivity index (χ0) is 15.4. The van der Waals surface area contributed by atoms with Crippen molar-refractivity contribution in [2.75, 3.05) is 13.1 Å². The van der Waals surface area contributed by atoms with Gasteiger partial charge in [0.2, 0.25) is 5.91 Å². The minimum atomic E-state index is -0.291. The smallest absolute Gasteiger partial charge is 0.227 e. The normalized spacial score (nSPS) is 18.4. The Kier molecular flexibility index (Phi) is 4.51. The summed E-state index contributed by atoms with van der Waals surface area (Å²) >= 11 is 0. The number of aromatic nitrogens is 2. The first-order valence-corrected chi connectivity index (χ1v) is 7.71. The lowest BCUT2D eigenvalue weighted by Gasteiger charge is -2.32. The number of aromatic amines is 1. The quantitative estimate of drug-likeness (QED) is 0.943. The van der Waals surface area contributed by atoms with Gasteiger partial charge in [0.1, 0.15) is 5.82 Å². The van der Waals surface area contributed by atoms with Gasteiger partial charge >= 0.3 is 0 Å². The van der Waals surface area contributed by atoms with E-state index < -0.39 is 0 Å². The molecule has 1 atom stereocenters. The third-order valence-corrected chi connectivity index (χ3v) is 4.18. The van der Waals surface area contributed by atoms with Crippen molar-refractivity contribution in [3.63, 3.8) is 0 Å². The van der Waals surface area contributed by atoms with Gasteiger partial charge in [-0.15, -0.1) is 0 Å². The van der Waals surface area contributed by atoms with E-state index in [2.05, 4.69) is 10.2 Å². The number of nitrogens with zero attached hydrogens (tertiary/aromatic N) is 2. The zero-order valence-corrected chi connectivity index (χ0v) is 12.5. The number of hydrogen-bond donors (Lipinski definition) is 1. The van der Waals surface area contributed by atoms with Crippen molar-refractivity contribution in [1.82, 2.24) is 15.1 Å². The Morgan fingerprint density at radius 2 is 2.32 bits per heavy atom. The third-order valence-electron chi connectivity index (χ3n) is 4.18. The van der Waals surface area contributed by atoms with Crippen LogP contribution in [-0.4, -0.2) is 34.1 Å². The van der Waals surface area contributed by atoms with Crippen molar-refractivity contribution >= 4 is 5.91 Å². The molecular formula is C17H20FN3O. The highest BCUT2D eigenvalue weighted by Crippen LogP contribution is 2.21. The molecule has 5 heteroatoms. The van der Waals surface area contributed by atoms with E-state index in [9.17, 15) is 9.18 Å². The Morgan fingerprint density at radius 1 is 1.41 bits per heavy atom. The van der Waals surface area contributed by atoms with Crippen LogP contribution in [0.5, 0.6) is 0 Å². The summed E-state index contributed by atoms with van der Waals surface area (Å²) in [6, 6.07) is 8.26. The molecule has 0 radical (unpaired) electrons. The predicted octanol–water partition coefficient (Wildman–Crippen LogP) is 2.57. The summed E-state index contributed by atoms with van der Waals surface area (Å²) < 4.78 is 13.2. The summed E-state index contributed by atoms with van der Waals surface area (Å²) in [7, 11) is 0. The molecule has 0 saturated carbocycles. The van der Waals surface area contributed by atoms with Crippen molar-refractivity contribution in [2.45, 2.75) is 25.7 Å². The predicted molar refractivity (Wildman–Crippen MR) is 81.7 cm³/mol. The van der Waals surface area contributed by atoms with Gasteiger partial charge in [-0.2, -0.15) is 5.10 Å². The Balaban J connectivity index is 1.58. The molecule has 0 spiro atoms. The first kappa shape index (κ1) is 14.8. The summed E-state index contributed by atoms with van der Waals surface area (Å²) in [6.45, 7) is 1.57. The molecule has 2 aromatic rings. The van der Waals surface area contributed by atoms with E-state index in [0.717, 1.165) is 43.6 Å². The van der Waals surface area contributed by atoms with Crippen LogP contribution in [0.25, 0.3) is 0 Å². The average Bonchev–Trinajstić information content (AvgIpc) is 3.00. The van der Waals surface area contributed by atoms with E-state index in [-0.39, 0.29) is 18.1 Å². The number of amides is 1. The number of carbonyl (C=O) groups is 1. The van der Waals surface area contributed by atoms with Crippen molar-refractivity contribution < 1.29 is 9.18 Å². The first-order chi connectivity index (χ1) is 10.7. The van der Waals surface area contributed by atoms with E-state index in [1.165, 1.54) is 12.1 Å². The second kappa shape index (κ2) is 6.73. The molecule has 1 aromatic heterocycles. The largest absolute Gasteiger partial charge is 0.342 e. The third kappa shape index (κ3) is 3.72. The second-order valence-electron chi connectivity index (χ2n) is 5.94. The van der Waals surface area contributed by atoms with Crippen molar-refractivity contribution in [2.24, 2.45) is 5.92 Å². The minimum absolute atomic E-state index is 0.0833. The summed E-state index contributed by atoms with van der Waals surface area (Å²) in [4.78, 5) is 14.3. The topological polar surface area (TPSA) is 49.0 Å². The fourth-order valence-corrected chi connectivity index (χ4v) is 3.10. The maximum atomic E-state index is 13.2. The molecule has 1 aliphatic rings. The molecule has 1 fully saturated rings. The van der Waals surface area contributed by atoms with E-state index in [4.69, 9.17) is 0 Å². The van der Waals surface area contributed by atoms with E-state index >= 15 is 0 Å². The fraction of sp³-hybridized carbons (Fsp3) is 0.412. The van der Waals surface area contributed by atoms with Crippen molar-refractivity contribution in [1.29, 1.82) is 0 Å². The number of halogens is 1. The summed E-state index contributed by atoms with van der Waals surface area (Å²) in [6.07, 6.45) is 5.10. The number of carbonyl (C=O) groups excluding carboxylic acids is 1. The van der Waals surface area contributed by atoms with E-state index in [0.29, 0.717) is 5.92 Å². The molecule has 22 heavy (non-hydrogen) atoms. The van der Waals surface area contributed by atoms with Crippen molar-refractivity contribution in [3.8, 4) is 0 Å². The number of H-pyrrole nitrogens is 1. The van der Waals surface area contributed by atoms with Crippen LogP contribution in [-0.2, 0) is 17.6 Å². The fourth-order valence-electron chi connectivity index (χ4n) is 3.10. The number of hydrogen-bond acceptors (Lipinski definition) is 2. The molecule has 0 unspecified atom stereocenters. The standard InChI is InChI=1S/C17H20FN3O/c18-15-5-1-3-13(9-15)11-17(22)21-8-2-4-14(12-21)10-16-6-7-19-20-16/h1,3,5-7,9,14H,2,4,8,10-12H2,(H,19,20)/t14-/m0/s1. The Labute approximate surface area is 129 Å². The van der Waals surface area contributed by atoms with Gasteiger partial charge in [0.05, 0.1) is 6.42 Å². The maximum Gasteiger partial charge on any atom is 0.227 e. The molecular weight excluding hydrogens is 281 g/mol. The first-order valence-electron chi connectivity index (χ1n) is 7.71. The molecule has 0 aliphatic carbocycles. The monoisotopic (exact) mass is 301 g/mol. The lowest BCUT2D eigenvalue weighted by molar-refractivity contribution is -0.132. The van der Waals surface area contributed by atoms with Crippen molar-refractivity contribution in [3.05, 3.63) is 53.6 Å². The van der Waals surface area contributed by atoms with Crippen LogP contribution in [0.1, 0.15) is 24.1 Å². The van der Waals surface area contributed by atoms with Crippen LogP contribution >= 0.6 is 0 Å². The van der Waals surface area contributed by atoms with E-state index in [1.54, 1.807) is 18.3 Å². The number of rotatable bonds is 4. The minimum Gasteiger partial charge on any atom is -0.342 e. The van der Waals surface area contributed by atoms with Crippen LogP contribution in [0, 0.1) is 11.7 Å². The van der Waals surface area contributed by atoms with Gasteiger partial charge in [0.25, 0.3) is 0 Å². The van der Waals surface area contributed by atoms with Gasteiger partial charge < -0.3 is 4.90 Å². The Bertz CT molecular complexity index is 627. The highest BCUT2D eigenvalue weighted by molar-refractivity contribution is 5.78. The van der Waals surface area contributed by atoms with Gasteiger partial charge in [-0.05, 0) is 48.9 Å². The molecule has 1 aromatic carbocycles. The second-order valence-corrected chi connectivity index (χ2v) is 5.94. The lowest BCUT2D eigenvalue weighted by Crippen LogP contribution is -2.41. The van der Waals surface area contributed by atoms with Crippen LogP contribution in [0.2, 0.25) is 0 Å². The average molecular weight is 301 g/mol. The maximum absolute atomic E-state index is 13.2. The zero-order valence-electron chi connectivity index (χ0n) is 12.5. The molecule has 1 aliphatic heterocycles. The molecule has 0 bridgehead atoms. The number of likely N-dealkylation sites (tertiary alicyclic amines) is 1. The molecule has 1 saturated heterocycles. The molecule has 1 N–H and O–H groups in total. The van der Waals surface area contributed by atoms with Crippen LogP contribution in [0.4, 0.5) is 4.39 Å². The summed E-state index contributed by atoms with van der Waals surface area (Å²) in [5.74, 6) is 0.256. The van der Waals surface area contributed by atoms with Crippen LogP contribution in [0.3, 0.4) is 0 Å². The molecule has 1 amide bonds. The number of nitrogens with one attached hydrogen (secondary N) is 1. The van der Waals surface area contributed by atoms with E-state index in [1.807, 2.05) is 11.0 Å². The van der Waals surface area contributed by atoms with Crippen LogP contribution in [0.15, 0.2) is 36.5 Å². The SMILES string of the molecule is O=C(Cc1cccc(F)c1)N1CCC[C@@H](Cc2ccn[nH]2)C1. The van der Waals surface area contributed by atoms with Gasteiger partial charge in [-0.1, -0.05) is 12.1 Å². The van der Waals surface area contributed by atoms with Gasteiger partial charge in [-0.25, -0.2) is 4.39 Å². The Morgan fingerprint density at radius 3 is 3.09 bits per heavy atom. The van der Waals surface area contributed by atoms with Gasteiger partial charge in [-0.3, -0.25) is 9.89 Å². The highest BCUT2D eigenvalue weighted by Gasteiger charge is 2.24. The molecule has 3 rings (SSSR count). The number of benzene rings is 1. The number of piperidine rings is 1. The highest BCUT2D eigenvalue weighted by atomic mass is 19.1. The summed E-state index contributed by atoms with van der Waals surface area (Å²) in [5, 5.41) is 6.94. The molecule has 116 valence electrons. The van der Waals surface area contributed by atoms with Gasteiger partial charge in [0.15, 0.2) is 0 Å². The van der Waals surface area contributed by atoms with Gasteiger partial charge in [0, 0.05) is 25.0 Å². The molecule has 4 nitrogen and oxygen atoms in total.